The minimum Gasteiger partial charge on any atom is -0.310 e. The van der Waals surface area contributed by atoms with Gasteiger partial charge in [0.05, 0.1) is 0 Å². The zero-order chi connectivity index (χ0) is 10.1. The van der Waals surface area contributed by atoms with Crippen molar-refractivity contribution >= 4 is 0 Å². The molecule has 1 N–H and O–H groups in total. The molecule has 2 rings (SSSR count). The maximum absolute atomic E-state index is 13.4. The lowest BCUT2D eigenvalue weighted by Gasteiger charge is -2.11. The molecule has 1 saturated heterocycles. The van der Waals surface area contributed by atoms with Gasteiger partial charge in [-0.05, 0) is 24.9 Å². The third-order valence-electron chi connectivity index (χ3n) is 2.71. The summed E-state index contributed by atoms with van der Waals surface area (Å²) >= 11 is 0. The molecule has 3 heteroatoms. The highest BCUT2D eigenvalue weighted by atomic mass is 19.2. The van der Waals surface area contributed by atoms with Gasteiger partial charge in [-0.3, -0.25) is 0 Å². The molecule has 0 aromatic heterocycles. The van der Waals surface area contributed by atoms with Crippen LogP contribution in [-0.4, -0.2) is 6.54 Å². The Labute approximate surface area is 82.1 Å². The molecule has 1 aliphatic rings. The lowest BCUT2D eigenvalue weighted by atomic mass is 10.0. The Morgan fingerprint density at radius 1 is 1.36 bits per heavy atom. The van der Waals surface area contributed by atoms with Crippen LogP contribution in [0.1, 0.15) is 24.9 Å². The van der Waals surface area contributed by atoms with E-state index in [4.69, 9.17) is 0 Å². The predicted octanol–water partition coefficient (Wildman–Crippen LogP) is 2.64. The lowest BCUT2D eigenvalue weighted by molar-refractivity contribution is 0.479. The molecule has 0 bridgehead atoms. The maximum Gasteiger partial charge on any atom is 0.163 e. The van der Waals surface area contributed by atoms with E-state index in [-0.39, 0.29) is 6.04 Å². The molecule has 0 amide bonds. The van der Waals surface area contributed by atoms with E-state index in [0.717, 1.165) is 19.0 Å². The summed E-state index contributed by atoms with van der Waals surface area (Å²) in [6, 6.07) is 4.32. The standard InChI is InChI=1S/C11H13F2N/c1-7-5-10(14-6-7)8-3-2-4-9(12)11(8)13/h2-4,7,10,14H,5-6H2,1H3. The summed E-state index contributed by atoms with van der Waals surface area (Å²) in [5.74, 6) is -0.939. The molecule has 1 heterocycles. The van der Waals surface area contributed by atoms with Crippen LogP contribution in [0, 0.1) is 17.6 Å². The van der Waals surface area contributed by atoms with Crippen LogP contribution < -0.4 is 5.32 Å². The summed E-state index contributed by atoms with van der Waals surface area (Å²) in [6.07, 6.45) is 0.875. The molecule has 1 aliphatic heterocycles. The molecule has 2 unspecified atom stereocenters. The number of benzene rings is 1. The van der Waals surface area contributed by atoms with Crippen molar-refractivity contribution in [1.29, 1.82) is 0 Å². The van der Waals surface area contributed by atoms with Crippen LogP contribution in [0.25, 0.3) is 0 Å². The second kappa shape index (κ2) is 3.65. The van der Waals surface area contributed by atoms with Crippen LogP contribution in [0.5, 0.6) is 0 Å². The van der Waals surface area contributed by atoms with Gasteiger partial charge in [-0.15, -0.1) is 0 Å². The topological polar surface area (TPSA) is 12.0 Å². The normalized spacial score (nSPS) is 26.8. The van der Waals surface area contributed by atoms with Crippen molar-refractivity contribution < 1.29 is 8.78 Å². The molecule has 0 aliphatic carbocycles. The van der Waals surface area contributed by atoms with Crippen LogP contribution in [-0.2, 0) is 0 Å². The molecule has 1 aromatic carbocycles. The molecule has 2 atom stereocenters. The van der Waals surface area contributed by atoms with Gasteiger partial charge in [0.15, 0.2) is 11.6 Å². The Morgan fingerprint density at radius 2 is 2.14 bits per heavy atom. The van der Waals surface area contributed by atoms with Gasteiger partial charge in [-0.2, -0.15) is 0 Å². The third kappa shape index (κ3) is 1.64. The highest BCUT2D eigenvalue weighted by molar-refractivity contribution is 5.23. The fourth-order valence-corrected chi connectivity index (χ4v) is 1.94. The number of nitrogens with one attached hydrogen (secondary N) is 1. The highest BCUT2D eigenvalue weighted by Crippen LogP contribution is 2.29. The van der Waals surface area contributed by atoms with E-state index >= 15 is 0 Å². The van der Waals surface area contributed by atoms with Gasteiger partial charge in [0, 0.05) is 11.6 Å². The first-order valence-electron chi connectivity index (χ1n) is 4.85. The summed E-state index contributed by atoms with van der Waals surface area (Å²) < 4.78 is 26.3. The molecule has 1 fully saturated rings. The fourth-order valence-electron chi connectivity index (χ4n) is 1.94. The number of rotatable bonds is 1. The molecule has 0 spiro atoms. The average Bonchev–Trinajstić information content (AvgIpc) is 2.57. The molecule has 1 aromatic rings. The number of hydrogen-bond donors (Lipinski definition) is 1. The van der Waals surface area contributed by atoms with Gasteiger partial charge < -0.3 is 5.32 Å². The van der Waals surface area contributed by atoms with E-state index in [1.807, 2.05) is 0 Å². The first kappa shape index (κ1) is 9.59. The van der Waals surface area contributed by atoms with Crippen molar-refractivity contribution in [1.82, 2.24) is 5.32 Å². The molecule has 0 radical (unpaired) electrons. The van der Waals surface area contributed by atoms with E-state index in [1.54, 1.807) is 12.1 Å². The molecule has 14 heavy (non-hydrogen) atoms. The minimum atomic E-state index is -0.760. The summed E-state index contributed by atoms with van der Waals surface area (Å²) in [5, 5.41) is 3.18. The predicted molar refractivity (Wildman–Crippen MR) is 50.9 cm³/mol. The number of halogens is 2. The number of hydrogen-bond acceptors (Lipinski definition) is 1. The van der Waals surface area contributed by atoms with Crippen LogP contribution in [0.15, 0.2) is 18.2 Å². The van der Waals surface area contributed by atoms with Crippen molar-refractivity contribution in [3.8, 4) is 0 Å². The molecular formula is C11H13F2N. The second-order valence-corrected chi connectivity index (χ2v) is 3.94. The van der Waals surface area contributed by atoms with Gasteiger partial charge in [-0.25, -0.2) is 8.78 Å². The monoisotopic (exact) mass is 197 g/mol. The molecule has 0 saturated carbocycles. The summed E-state index contributed by atoms with van der Waals surface area (Å²) in [7, 11) is 0. The fraction of sp³-hybridized carbons (Fsp3) is 0.455. The Bertz CT molecular complexity index is 338. The Morgan fingerprint density at radius 3 is 2.79 bits per heavy atom. The van der Waals surface area contributed by atoms with E-state index in [0.29, 0.717) is 11.5 Å². The zero-order valence-electron chi connectivity index (χ0n) is 8.06. The lowest BCUT2D eigenvalue weighted by Crippen LogP contribution is -2.15. The van der Waals surface area contributed by atoms with Crippen LogP contribution in [0.2, 0.25) is 0 Å². The zero-order valence-corrected chi connectivity index (χ0v) is 8.06. The van der Waals surface area contributed by atoms with Crippen molar-refractivity contribution in [2.24, 2.45) is 5.92 Å². The van der Waals surface area contributed by atoms with Crippen molar-refractivity contribution in [2.75, 3.05) is 6.54 Å². The quantitative estimate of drug-likeness (QED) is 0.729. The van der Waals surface area contributed by atoms with E-state index in [1.165, 1.54) is 0 Å². The van der Waals surface area contributed by atoms with Crippen molar-refractivity contribution in [3.63, 3.8) is 0 Å². The Hall–Kier alpha value is -0.960. The molecule has 76 valence electrons. The summed E-state index contributed by atoms with van der Waals surface area (Å²) in [5.41, 5.74) is 0.453. The SMILES string of the molecule is CC1CNC(c2cccc(F)c2F)C1. The van der Waals surface area contributed by atoms with Gasteiger partial charge in [0.1, 0.15) is 0 Å². The largest absolute Gasteiger partial charge is 0.310 e. The van der Waals surface area contributed by atoms with Gasteiger partial charge in [0.25, 0.3) is 0 Å². The first-order valence-corrected chi connectivity index (χ1v) is 4.85. The molecular weight excluding hydrogens is 184 g/mol. The summed E-state index contributed by atoms with van der Waals surface area (Å²) in [6.45, 7) is 2.98. The van der Waals surface area contributed by atoms with Crippen LogP contribution in [0.4, 0.5) is 8.78 Å². The Balaban J connectivity index is 2.28. The van der Waals surface area contributed by atoms with E-state index in [2.05, 4.69) is 12.2 Å². The van der Waals surface area contributed by atoms with E-state index < -0.39 is 11.6 Å². The van der Waals surface area contributed by atoms with Crippen molar-refractivity contribution in [2.45, 2.75) is 19.4 Å². The second-order valence-electron chi connectivity index (χ2n) is 3.94. The maximum atomic E-state index is 13.4. The third-order valence-corrected chi connectivity index (χ3v) is 2.71. The molecule has 1 nitrogen and oxygen atoms in total. The minimum absolute atomic E-state index is 0.0271. The smallest absolute Gasteiger partial charge is 0.163 e. The summed E-state index contributed by atoms with van der Waals surface area (Å²) in [4.78, 5) is 0. The van der Waals surface area contributed by atoms with Gasteiger partial charge in [-0.1, -0.05) is 19.1 Å². The average molecular weight is 197 g/mol. The van der Waals surface area contributed by atoms with Gasteiger partial charge in [0.2, 0.25) is 0 Å². The van der Waals surface area contributed by atoms with Crippen LogP contribution in [0.3, 0.4) is 0 Å². The first-order chi connectivity index (χ1) is 6.68. The van der Waals surface area contributed by atoms with Gasteiger partial charge >= 0.3 is 0 Å². The van der Waals surface area contributed by atoms with Crippen LogP contribution >= 0.6 is 0 Å². The Kier molecular flexibility index (Phi) is 2.50. The van der Waals surface area contributed by atoms with Crippen molar-refractivity contribution in [3.05, 3.63) is 35.4 Å². The van der Waals surface area contributed by atoms with E-state index in [9.17, 15) is 8.78 Å². The highest BCUT2D eigenvalue weighted by Gasteiger charge is 2.25.